The third-order valence-electron chi connectivity index (χ3n) is 4.22. The van der Waals surface area contributed by atoms with Crippen molar-refractivity contribution in [2.45, 2.75) is 26.9 Å². The Labute approximate surface area is 165 Å². The molecular weight excluding hydrogens is 380 g/mol. The highest BCUT2D eigenvalue weighted by molar-refractivity contribution is 7.20. The van der Waals surface area contributed by atoms with Crippen molar-refractivity contribution in [2.24, 2.45) is 0 Å². The number of hydrogen-bond donors (Lipinski definition) is 1. The quantitative estimate of drug-likeness (QED) is 0.384. The molecule has 0 aliphatic rings. The number of nitrogens with one attached hydrogen (secondary N) is 1. The highest BCUT2D eigenvalue weighted by Gasteiger charge is 2.21. The fourth-order valence-corrected chi connectivity index (χ4v) is 3.55. The second kappa shape index (κ2) is 7.77. The molecule has 0 aliphatic heterocycles. The molecule has 1 N–H and O–H groups in total. The Morgan fingerprint density at radius 2 is 1.89 bits per heavy atom. The molecule has 3 aromatic rings. The zero-order valence-electron chi connectivity index (χ0n) is 15.5. The smallest absolute Gasteiger partial charge is 0.349 e. The Morgan fingerprint density at radius 3 is 2.61 bits per heavy atom. The van der Waals surface area contributed by atoms with Crippen molar-refractivity contribution >= 4 is 44.7 Å². The lowest BCUT2D eigenvalue weighted by atomic mass is 10.1. The number of hydrogen-bond acceptors (Lipinski definition) is 6. The van der Waals surface area contributed by atoms with Gasteiger partial charge in [-0.25, -0.2) is 4.79 Å². The topological polar surface area (TPSA) is 98.5 Å². The molecule has 0 saturated carbocycles. The van der Waals surface area contributed by atoms with E-state index < -0.39 is 22.9 Å². The highest BCUT2D eigenvalue weighted by Crippen LogP contribution is 2.29. The third-order valence-corrected chi connectivity index (χ3v) is 5.31. The van der Waals surface area contributed by atoms with Crippen LogP contribution in [0.1, 0.15) is 27.7 Å². The molecule has 1 aromatic heterocycles. The molecule has 7 nitrogen and oxygen atoms in total. The number of rotatable bonds is 5. The van der Waals surface area contributed by atoms with E-state index >= 15 is 0 Å². The van der Waals surface area contributed by atoms with Crippen LogP contribution in [-0.4, -0.2) is 22.9 Å². The molecule has 0 bridgehead atoms. The van der Waals surface area contributed by atoms with Gasteiger partial charge >= 0.3 is 5.97 Å². The minimum absolute atomic E-state index is 0.0495. The second-order valence-corrected chi connectivity index (χ2v) is 7.53. The average Bonchev–Trinajstić information content (AvgIpc) is 3.08. The predicted octanol–water partition coefficient (Wildman–Crippen LogP) is 4.61. The van der Waals surface area contributed by atoms with Crippen LogP contribution in [0.3, 0.4) is 0 Å². The van der Waals surface area contributed by atoms with E-state index in [1.165, 1.54) is 25.1 Å². The molecule has 0 radical (unpaired) electrons. The summed E-state index contributed by atoms with van der Waals surface area (Å²) in [6, 6.07) is 11.6. The van der Waals surface area contributed by atoms with E-state index in [9.17, 15) is 19.7 Å². The first-order chi connectivity index (χ1) is 13.2. The molecule has 144 valence electrons. The van der Waals surface area contributed by atoms with Gasteiger partial charge in [0, 0.05) is 27.9 Å². The first-order valence-corrected chi connectivity index (χ1v) is 9.33. The molecule has 0 spiro atoms. The number of anilines is 1. The number of carbonyl (C=O) groups is 2. The Hall–Kier alpha value is -3.26. The van der Waals surface area contributed by atoms with E-state index in [0.29, 0.717) is 11.1 Å². The lowest BCUT2D eigenvalue weighted by molar-refractivity contribution is -0.384. The Kier molecular flexibility index (Phi) is 5.41. The number of aryl methyl sites for hydroxylation is 2. The molecule has 8 heteroatoms. The first-order valence-electron chi connectivity index (χ1n) is 8.51. The number of nitrogens with zero attached hydrogens (tertiary/aromatic N) is 1. The number of benzene rings is 2. The molecule has 0 fully saturated rings. The zero-order valence-corrected chi connectivity index (χ0v) is 16.3. The first kappa shape index (κ1) is 19.5. The molecule has 0 unspecified atom stereocenters. The molecule has 28 heavy (non-hydrogen) atoms. The maximum absolute atomic E-state index is 12.4. The van der Waals surface area contributed by atoms with Gasteiger partial charge in [0.15, 0.2) is 6.10 Å². The molecule has 0 saturated heterocycles. The van der Waals surface area contributed by atoms with Crippen LogP contribution in [0.2, 0.25) is 0 Å². The summed E-state index contributed by atoms with van der Waals surface area (Å²) >= 11 is 1.16. The summed E-state index contributed by atoms with van der Waals surface area (Å²) in [5.41, 5.74) is 2.53. The summed E-state index contributed by atoms with van der Waals surface area (Å²) < 4.78 is 6.00. The van der Waals surface area contributed by atoms with E-state index in [0.717, 1.165) is 27.2 Å². The van der Waals surface area contributed by atoms with Gasteiger partial charge in [-0.2, -0.15) is 0 Å². The summed E-state index contributed by atoms with van der Waals surface area (Å²) in [6.45, 7) is 5.29. The minimum atomic E-state index is -0.994. The summed E-state index contributed by atoms with van der Waals surface area (Å²) in [7, 11) is 0. The summed E-state index contributed by atoms with van der Waals surface area (Å²) in [5, 5.41) is 14.2. The van der Waals surface area contributed by atoms with Gasteiger partial charge in [0.05, 0.1) is 4.92 Å². The maximum atomic E-state index is 12.4. The van der Waals surface area contributed by atoms with Crippen LogP contribution in [-0.2, 0) is 9.53 Å². The van der Waals surface area contributed by atoms with Gasteiger partial charge in [-0.15, -0.1) is 11.3 Å². The number of non-ortho nitro benzene ring substituents is 1. The monoisotopic (exact) mass is 398 g/mol. The van der Waals surface area contributed by atoms with Crippen LogP contribution in [0, 0.1) is 24.0 Å². The highest BCUT2D eigenvalue weighted by atomic mass is 32.1. The lowest BCUT2D eigenvalue weighted by Crippen LogP contribution is -2.30. The Bertz CT molecular complexity index is 1090. The van der Waals surface area contributed by atoms with E-state index in [2.05, 4.69) is 5.32 Å². The summed E-state index contributed by atoms with van der Waals surface area (Å²) in [6.07, 6.45) is -0.994. The van der Waals surface area contributed by atoms with Crippen LogP contribution < -0.4 is 5.32 Å². The largest absolute Gasteiger partial charge is 0.448 e. The van der Waals surface area contributed by atoms with Crippen molar-refractivity contribution < 1.29 is 19.2 Å². The molecule has 3 rings (SSSR count). The van der Waals surface area contributed by atoms with Gasteiger partial charge in [0.2, 0.25) is 0 Å². The summed E-state index contributed by atoms with van der Waals surface area (Å²) in [5.74, 6) is -1.08. The second-order valence-electron chi connectivity index (χ2n) is 6.45. The van der Waals surface area contributed by atoms with Crippen LogP contribution in [0.15, 0.2) is 42.5 Å². The van der Waals surface area contributed by atoms with Crippen LogP contribution in [0.5, 0.6) is 0 Å². The molecular formula is C20H18N2O5S. The standard InChI is InChI=1S/C20H18N2O5S/c1-11-4-5-12(2)16(8-11)21-19(23)13(3)27-20(24)18-10-14-9-15(22(25)26)6-7-17(14)28-18/h4-10,13H,1-3H3,(H,21,23)/t13-/m1/s1. The molecule has 2 aromatic carbocycles. The van der Waals surface area contributed by atoms with Gasteiger partial charge in [-0.3, -0.25) is 14.9 Å². The lowest BCUT2D eigenvalue weighted by Gasteiger charge is -2.14. The number of carbonyl (C=O) groups excluding carboxylic acids is 2. The van der Waals surface area contributed by atoms with Crippen molar-refractivity contribution in [3.63, 3.8) is 0 Å². The van der Waals surface area contributed by atoms with Crippen molar-refractivity contribution in [3.05, 3.63) is 68.6 Å². The molecule has 1 heterocycles. The van der Waals surface area contributed by atoms with E-state index in [-0.39, 0.29) is 10.6 Å². The number of fused-ring (bicyclic) bond motifs is 1. The number of nitro benzene ring substituents is 1. The van der Waals surface area contributed by atoms with Crippen LogP contribution >= 0.6 is 11.3 Å². The zero-order chi connectivity index (χ0) is 20.4. The number of ether oxygens (including phenoxy) is 1. The molecule has 1 atom stereocenters. The van der Waals surface area contributed by atoms with E-state index in [1.807, 2.05) is 32.0 Å². The van der Waals surface area contributed by atoms with Crippen LogP contribution in [0.25, 0.3) is 10.1 Å². The summed E-state index contributed by atoms with van der Waals surface area (Å²) in [4.78, 5) is 35.4. The number of nitro groups is 1. The fraction of sp³-hybridized carbons (Fsp3) is 0.200. The molecule has 0 aliphatic carbocycles. The minimum Gasteiger partial charge on any atom is -0.448 e. The van der Waals surface area contributed by atoms with Crippen molar-refractivity contribution in [1.82, 2.24) is 0 Å². The number of amides is 1. The fourth-order valence-electron chi connectivity index (χ4n) is 2.62. The molecule has 1 amide bonds. The number of esters is 1. The Morgan fingerprint density at radius 1 is 1.14 bits per heavy atom. The maximum Gasteiger partial charge on any atom is 0.349 e. The van der Waals surface area contributed by atoms with Gasteiger partial charge in [-0.1, -0.05) is 12.1 Å². The third kappa shape index (κ3) is 4.17. The van der Waals surface area contributed by atoms with E-state index in [4.69, 9.17) is 4.74 Å². The SMILES string of the molecule is Cc1ccc(C)c(NC(=O)[C@@H](C)OC(=O)c2cc3cc([N+](=O)[O-])ccc3s2)c1. The van der Waals surface area contributed by atoms with Gasteiger partial charge < -0.3 is 10.1 Å². The Balaban J connectivity index is 1.71. The average molecular weight is 398 g/mol. The van der Waals surface area contributed by atoms with Crippen LogP contribution in [0.4, 0.5) is 11.4 Å². The van der Waals surface area contributed by atoms with E-state index in [1.54, 1.807) is 6.07 Å². The normalized spacial score (nSPS) is 11.8. The van der Waals surface area contributed by atoms with Gasteiger partial charge in [-0.05, 0) is 50.1 Å². The van der Waals surface area contributed by atoms with Crippen molar-refractivity contribution in [3.8, 4) is 0 Å². The van der Waals surface area contributed by atoms with Crippen molar-refractivity contribution in [2.75, 3.05) is 5.32 Å². The number of thiophene rings is 1. The van der Waals surface area contributed by atoms with Crippen molar-refractivity contribution in [1.29, 1.82) is 0 Å². The van der Waals surface area contributed by atoms with Gasteiger partial charge in [0.1, 0.15) is 4.88 Å². The van der Waals surface area contributed by atoms with Gasteiger partial charge in [0.25, 0.3) is 11.6 Å². The predicted molar refractivity (Wildman–Crippen MR) is 108 cm³/mol.